The first-order valence-corrected chi connectivity index (χ1v) is 11.1. The molecule has 3 aromatic heterocycles. The molecule has 0 saturated carbocycles. The fraction of sp³-hybridized carbons (Fsp3) is 0.292. The van der Waals surface area contributed by atoms with Gasteiger partial charge in [-0.15, -0.1) is 0 Å². The molecule has 0 fully saturated rings. The van der Waals surface area contributed by atoms with Crippen LogP contribution in [0.2, 0.25) is 5.02 Å². The third-order valence-corrected chi connectivity index (χ3v) is 5.42. The Kier molecular flexibility index (Phi) is 7.05. The Morgan fingerprint density at radius 2 is 2.09 bits per heavy atom. The van der Waals surface area contributed by atoms with Crippen LogP contribution in [0.25, 0.3) is 22.4 Å². The van der Waals surface area contributed by atoms with E-state index in [1.807, 2.05) is 45.3 Å². The van der Waals surface area contributed by atoms with E-state index < -0.39 is 5.82 Å². The Bertz CT molecular complexity index is 1260. The molecule has 0 unspecified atom stereocenters. The molecule has 4 aromatic rings. The van der Waals surface area contributed by atoms with Crippen molar-refractivity contribution in [1.82, 2.24) is 24.8 Å². The number of aromatic amines is 1. The lowest BCUT2D eigenvalue weighted by Gasteiger charge is -2.17. The Morgan fingerprint density at radius 1 is 1.24 bits per heavy atom. The van der Waals surface area contributed by atoms with Gasteiger partial charge in [0.25, 0.3) is 0 Å². The maximum atomic E-state index is 14.6. The van der Waals surface area contributed by atoms with Crippen LogP contribution in [-0.4, -0.2) is 52.1 Å². The van der Waals surface area contributed by atoms with E-state index in [0.717, 1.165) is 29.7 Å². The topological polar surface area (TPSA) is 79.0 Å². The molecule has 0 radical (unpaired) electrons. The minimum Gasteiger partial charge on any atom is -0.494 e. The minimum atomic E-state index is -0.530. The zero-order valence-electron chi connectivity index (χ0n) is 18.8. The molecule has 176 valence electrons. The van der Waals surface area contributed by atoms with Crippen LogP contribution in [0.4, 0.5) is 10.2 Å². The second-order valence-electron chi connectivity index (χ2n) is 8.09. The summed E-state index contributed by atoms with van der Waals surface area (Å²) < 4.78 is 20.4. The number of halogens is 2. The number of pyridine rings is 1. The summed E-state index contributed by atoms with van der Waals surface area (Å²) in [5.74, 6) is 0.748. The van der Waals surface area contributed by atoms with Crippen LogP contribution in [0.1, 0.15) is 27.8 Å². The van der Waals surface area contributed by atoms with E-state index in [1.54, 1.807) is 18.5 Å². The first-order valence-electron chi connectivity index (χ1n) is 10.7. The standard InChI is InChI=1S/C24H26ClFN6O.2H2/c1-15(16-6-4-7-18(10-16)33-9-5-8-32(2)3)30-24-21(26)14-29-23(31-24)20-13-28-22-19(20)11-17(25)12-27-22;;/h4,6-7,10-15H,5,8-9H2,1-3H3,(H,27,28)(H,29,30,31);2*1H/t15-;;/m0../s1. The molecule has 0 aliphatic rings. The molecular weight excluding hydrogens is 443 g/mol. The number of rotatable bonds is 9. The fourth-order valence-corrected chi connectivity index (χ4v) is 3.65. The highest BCUT2D eigenvalue weighted by molar-refractivity contribution is 6.31. The number of benzene rings is 1. The third kappa shape index (κ3) is 5.58. The molecule has 33 heavy (non-hydrogen) atoms. The first-order chi connectivity index (χ1) is 15.9. The quantitative estimate of drug-likeness (QED) is 0.299. The number of fused-ring (bicyclic) bond motifs is 1. The lowest BCUT2D eigenvalue weighted by Crippen LogP contribution is -2.15. The van der Waals surface area contributed by atoms with Crippen molar-refractivity contribution in [1.29, 1.82) is 0 Å². The van der Waals surface area contributed by atoms with Gasteiger partial charge in [-0.05, 0) is 51.2 Å². The van der Waals surface area contributed by atoms with Crippen molar-refractivity contribution in [2.75, 3.05) is 32.6 Å². The summed E-state index contributed by atoms with van der Waals surface area (Å²) >= 11 is 6.09. The SMILES string of the molecule is C[C@H](Nc1nc(-c2c[nH]c3ncc(Cl)cc23)ncc1F)c1cccc(OCCCN(C)C)c1.[HH].[HH]. The van der Waals surface area contributed by atoms with Crippen LogP contribution in [0.3, 0.4) is 0 Å². The van der Waals surface area contributed by atoms with Gasteiger partial charge in [-0.1, -0.05) is 23.7 Å². The number of ether oxygens (including phenoxy) is 1. The van der Waals surface area contributed by atoms with Crippen molar-refractivity contribution in [3.63, 3.8) is 0 Å². The van der Waals surface area contributed by atoms with Gasteiger partial charge < -0.3 is 19.9 Å². The van der Waals surface area contributed by atoms with E-state index in [4.69, 9.17) is 16.3 Å². The van der Waals surface area contributed by atoms with Gasteiger partial charge >= 0.3 is 0 Å². The summed E-state index contributed by atoms with van der Waals surface area (Å²) in [6.07, 6.45) is 5.41. The smallest absolute Gasteiger partial charge is 0.183 e. The number of anilines is 1. The van der Waals surface area contributed by atoms with Gasteiger partial charge in [0.1, 0.15) is 11.4 Å². The maximum Gasteiger partial charge on any atom is 0.183 e. The van der Waals surface area contributed by atoms with Gasteiger partial charge in [0.15, 0.2) is 17.5 Å². The van der Waals surface area contributed by atoms with Crippen molar-refractivity contribution >= 4 is 28.5 Å². The number of H-pyrrole nitrogens is 1. The summed E-state index contributed by atoms with van der Waals surface area (Å²) in [5.41, 5.74) is 2.32. The molecule has 4 rings (SSSR count). The van der Waals surface area contributed by atoms with Crippen molar-refractivity contribution in [3.05, 3.63) is 65.3 Å². The predicted molar refractivity (Wildman–Crippen MR) is 133 cm³/mol. The van der Waals surface area contributed by atoms with E-state index >= 15 is 0 Å². The van der Waals surface area contributed by atoms with Crippen LogP contribution in [-0.2, 0) is 0 Å². The molecule has 1 atom stereocenters. The largest absolute Gasteiger partial charge is 0.494 e. The van der Waals surface area contributed by atoms with E-state index in [9.17, 15) is 4.39 Å². The van der Waals surface area contributed by atoms with Crippen LogP contribution in [0, 0.1) is 5.82 Å². The molecule has 7 nitrogen and oxygen atoms in total. The van der Waals surface area contributed by atoms with Gasteiger partial charge in [0.2, 0.25) is 0 Å². The maximum absolute atomic E-state index is 14.6. The molecule has 0 bridgehead atoms. The van der Waals surface area contributed by atoms with Gasteiger partial charge in [0, 0.05) is 32.7 Å². The Hall–Kier alpha value is -3.23. The summed E-state index contributed by atoms with van der Waals surface area (Å²) in [4.78, 5) is 18.0. The lowest BCUT2D eigenvalue weighted by atomic mass is 10.1. The van der Waals surface area contributed by atoms with E-state index in [-0.39, 0.29) is 14.7 Å². The molecule has 0 saturated heterocycles. The molecule has 1 aromatic carbocycles. The van der Waals surface area contributed by atoms with Gasteiger partial charge in [-0.25, -0.2) is 19.3 Å². The summed E-state index contributed by atoms with van der Waals surface area (Å²) in [7, 11) is 4.08. The fourth-order valence-electron chi connectivity index (χ4n) is 3.49. The molecule has 0 aliphatic heterocycles. The zero-order chi connectivity index (χ0) is 23.4. The Balaban J connectivity index is 0.00000216. The molecule has 3 heterocycles. The van der Waals surface area contributed by atoms with Crippen LogP contribution < -0.4 is 10.1 Å². The molecule has 0 spiro atoms. The monoisotopic (exact) mass is 472 g/mol. The highest BCUT2D eigenvalue weighted by Crippen LogP contribution is 2.29. The van der Waals surface area contributed by atoms with Crippen LogP contribution in [0.5, 0.6) is 5.75 Å². The molecule has 0 amide bonds. The molecule has 0 aliphatic carbocycles. The minimum absolute atomic E-state index is 0. The van der Waals surface area contributed by atoms with Gasteiger partial charge in [-0.3, -0.25) is 0 Å². The van der Waals surface area contributed by atoms with E-state index in [2.05, 4.69) is 30.2 Å². The number of nitrogens with one attached hydrogen (secondary N) is 2. The summed E-state index contributed by atoms with van der Waals surface area (Å²) in [5, 5.41) is 4.43. The predicted octanol–water partition coefficient (Wildman–Crippen LogP) is 5.81. The van der Waals surface area contributed by atoms with Crippen molar-refractivity contribution in [3.8, 4) is 17.1 Å². The van der Waals surface area contributed by atoms with E-state index in [0.29, 0.717) is 28.7 Å². The average Bonchev–Trinajstić information content (AvgIpc) is 3.21. The highest BCUT2D eigenvalue weighted by Gasteiger charge is 2.16. The highest BCUT2D eigenvalue weighted by atomic mass is 35.5. The summed E-state index contributed by atoms with van der Waals surface area (Å²) in [6, 6.07) is 9.36. The zero-order valence-corrected chi connectivity index (χ0v) is 19.5. The first kappa shape index (κ1) is 22.9. The van der Waals surface area contributed by atoms with Crippen LogP contribution in [0.15, 0.2) is 48.9 Å². The molecule has 9 heteroatoms. The Morgan fingerprint density at radius 3 is 2.91 bits per heavy atom. The second kappa shape index (κ2) is 10.1. The average molecular weight is 473 g/mol. The summed E-state index contributed by atoms with van der Waals surface area (Å²) in [6.45, 7) is 3.55. The van der Waals surface area contributed by atoms with E-state index in [1.165, 1.54) is 6.20 Å². The number of hydrogen-bond donors (Lipinski definition) is 2. The second-order valence-corrected chi connectivity index (χ2v) is 8.52. The molecular formula is C24H30ClFN6O. The molecule has 2 N–H and O–H groups in total. The van der Waals surface area contributed by atoms with Crippen molar-refractivity contribution in [2.24, 2.45) is 0 Å². The third-order valence-electron chi connectivity index (χ3n) is 5.21. The van der Waals surface area contributed by atoms with Crippen molar-refractivity contribution < 1.29 is 12.0 Å². The number of nitrogens with zero attached hydrogens (tertiary/aromatic N) is 4. The number of hydrogen-bond acceptors (Lipinski definition) is 6. The van der Waals surface area contributed by atoms with Crippen molar-refractivity contribution in [2.45, 2.75) is 19.4 Å². The van der Waals surface area contributed by atoms with Crippen LogP contribution >= 0.6 is 11.6 Å². The normalized spacial score (nSPS) is 12.3. The lowest BCUT2D eigenvalue weighted by molar-refractivity contribution is 0.281. The Labute approximate surface area is 200 Å². The number of aromatic nitrogens is 4. The van der Waals surface area contributed by atoms with Gasteiger partial charge in [0.05, 0.1) is 23.9 Å². The van der Waals surface area contributed by atoms with Gasteiger partial charge in [-0.2, -0.15) is 0 Å².